The first-order chi connectivity index (χ1) is 15.0. The Morgan fingerprint density at radius 3 is 2.58 bits per heavy atom. The molecule has 2 aromatic rings. The summed E-state index contributed by atoms with van der Waals surface area (Å²) in [6.07, 6.45) is 2.65. The van der Waals surface area contributed by atoms with Crippen molar-refractivity contribution in [2.24, 2.45) is 5.92 Å². The van der Waals surface area contributed by atoms with Crippen LogP contribution in [0, 0.1) is 5.92 Å². The highest BCUT2D eigenvalue weighted by molar-refractivity contribution is 6.39. The highest BCUT2D eigenvalue weighted by Crippen LogP contribution is 2.46. The molecular formula is C23H27Cl2NO5. The molecule has 5 rings (SSSR count). The van der Waals surface area contributed by atoms with E-state index >= 15 is 0 Å². The monoisotopic (exact) mass is 467 g/mol. The molecule has 0 bridgehead atoms. The molecule has 31 heavy (non-hydrogen) atoms. The van der Waals surface area contributed by atoms with Crippen LogP contribution in [0.5, 0.6) is 0 Å². The molecular weight excluding hydrogens is 441 g/mol. The molecule has 3 unspecified atom stereocenters. The third kappa shape index (κ3) is 4.03. The smallest absolute Gasteiger partial charge is 0.199 e. The Kier molecular flexibility index (Phi) is 6.05. The maximum absolute atomic E-state index is 6.45. The molecule has 3 fully saturated rings. The summed E-state index contributed by atoms with van der Waals surface area (Å²) in [5, 5.41) is 5.42. The summed E-state index contributed by atoms with van der Waals surface area (Å²) >= 11 is 12.9. The zero-order chi connectivity index (χ0) is 21.6. The van der Waals surface area contributed by atoms with Crippen LogP contribution in [0.4, 0.5) is 0 Å². The average Bonchev–Trinajstić information content (AvgIpc) is 3.19. The van der Waals surface area contributed by atoms with E-state index < -0.39 is 5.79 Å². The van der Waals surface area contributed by atoms with Crippen LogP contribution in [0.3, 0.4) is 0 Å². The predicted octanol–water partition coefficient (Wildman–Crippen LogP) is 5.60. The lowest BCUT2D eigenvalue weighted by Gasteiger charge is -2.32. The van der Waals surface area contributed by atoms with E-state index in [0.29, 0.717) is 60.1 Å². The first-order valence-electron chi connectivity index (χ1n) is 10.9. The van der Waals surface area contributed by atoms with Crippen molar-refractivity contribution in [3.8, 4) is 11.3 Å². The molecule has 8 heteroatoms. The van der Waals surface area contributed by atoms with Crippen molar-refractivity contribution in [2.45, 2.75) is 63.6 Å². The molecule has 2 aliphatic heterocycles. The summed E-state index contributed by atoms with van der Waals surface area (Å²) in [5.41, 5.74) is 2.27. The highest BCUT2D eigenvalue weighted by Gasteiger charge is 2.54. The number of nitrogens with zero attached hydrogens (tertiary/aromatic N) is 1. The first-order valence-corrected chi connectivity index (χ1v) is 11.7. The van der Waals surface area contributed by atoms with Gasteiger partial charge in [0.15, 0.2) is 5.79 Å². The fourth-order valence-corrected chi connectivity index (χ4v) is 5.18. The molecule has 1 saturated carbocycles. The molecule has 0 N–H and O–H groups in total. The second-order valence-corrected chi connectivity index (χ2v) is 9.56. The van der Waals surface area contributed by atoms with E-state index in [9.17, 15) is 0 Å². The Hall–Kier alpha value is -1.15. The number of hydrogen-bond donors (Lipinski definition) is 0. The van der Waals surface area contributed by atoms with Gasteiger partial charge < -0.3 is 23.5 Å². The van der Waals surface area contributed by atoms with Crippen LogP contribution in [0.15, 0.2) is 22.7 Å². The van der Waals surface area contributed by atoms with Gasteiger partial charge in [0.1, 0.15) is 17.6 Å². The van der Waals surface area contributed by atoms with E-state index in [1.165, 1.54) is 0 Å². The number of ether oxygens (including phenoxy) is 4. The molecule has 1 aromatic carbocycles. The number of benzene rings is 1. The maximum Gasteiger partial charge on any atom is 0.199 e. The quantitative estimate of drug-likeness (QED) is 0.527. The van der Waals surface area contributed by atoms with Gasteiger partial charge in [-0.05, 0) is 31.9 Å². The average molecular weight is 468 g/mol. The van der Waals surface area contributed by atoms with Gasteiger partial charge in [-0.25, -0.2) is 0 Å². The van der Waals surface area contributed by atoms with E-state index in [-0.39, 0.29) is 18.1 Å². The van der Waals surface area contributed by atoms with Gasteiger partial charge in [-0.1, -0.05) is 41.3 Å². The SMILES string of the molecule is CC(CC1OCC(C)C12OCCO2)OCc1c(-c2c(Cl)cccc2Cl)noc1C1CC1. The molecule has 3 atom stereocenters. The standard InChI is InChI=1S/C23H27Cl2NO5/c1-13-11-28-19(23(13)29-8-9-30-23)10-14(2)27-12-16-21(26-31-22(16)15-6-7-15)20-17(24)4-3-5-18(20)25/h3-5,13-15,19H,6-12H2,1-2H3. The van der Waals surface area contributed by atoms with Crippen molar-refractivity contribution < 1.29 is 23.5 Å². The molecule has 3 heterocycles. The Morgan fingerprint density at radius 1 is 1.19 bits per heavy atom. The lowest BCUT2D eigenvalue weighted by atomic mass is 9.95. The van der Waals surface area contributed by atoms with Crippen molar-refractivity contribution in [3.05, 3.63) is 39.6 Å². The van der Waals surface area contributed by atoms with Crippen LogP contribution in [0.1, 0.15) is 50.4 Å². The molecule has 0 radical (unpaired) electrons. The van der Waals surface area contributed by atoms with Gasteiger partial charge in [0.25, 0.3) is 0 Å². The Bertz CT molecular complexity index is 918. The summed E-state index contributed by atoms with van der Waals surface area (Å²) in [5.74, 6) is 0.812. The van der Waals surface area contributed by atoms with Crippen molar-refractivity contribution >= 4 is 23.2 Å². The lowest BCUT2D eigenvalue weighted by Crippen LogP contribution is -2.45. The fraction of sp³-hybridized carbons (Fsp3) is 0.609. The van der Waals surface area contributed by atoms with Gasteiger partial charge in [0.2, 0.25) is 0 Å². The summed E-state index contributed by atoms with van der Waals surface area (Å²) in [7, 11) is 0. The summed E-state index contributed by atoms with van der Waals surface area (Å²) in [6.45, 7) is 6.35. The molecule has 2 saturated heterocycles. The highest BCUT2D eigenvalue weighted by atomic mass is 35.5. The normalized spacial score (nSPS) is 26.1. The largest absolute Gasteiger partial charge is 0.374 e. The second-order valence-electron chi connectivity index (χ2n) is 8.74. The van der Waals surface area contributed by atoms with Gasteiger partial charge in [-0.15, -0.1) is 0 Å². The van der Waals surface area contributed by atoms with E-state index in [4.69, 9.17) is 46.7 Å². The second kappa shape index (κ2) is 8.65. The van der Waals surface area contributed by atoms with Crippen LogP contribution in [-0.4, -0.2) is 43.0 Å². The zero-order valence-electron chi connectivity index (χ0n) is 17.7. The van der Waals surface area contributed by atoms with Gasteiger partial charge >= 0.3 is 0 Å². The third-order valence-corrected chi connectivity index (χ3v) is 7.08. The third-order valence-electron chi connectivity index (χ3n) is 6.45. The summed E-state index contributed by atoms with van der Waals surface area (Å²) < 4.78 is 30.0. The minimum Gasteiger partial charge on any atom is -0.374 e. The van der Waals surface area contributed by atoms with E-state index in [0.717, 1.165) is 24.2 Å². The van der Waals surface area contributed by atoms with Crippen LogP contribution in [0.25, 0.3) is 11.3 Å². The first kappa shape index (κ1) is 21.7. The molecule has 1 aromatic heterocycles. The summed E-state index contributed by atoms with van der Waals surface area (Å²) in [6, 6.07) is 5.43. The minimum absolute atomic E-state index is 0.0727. The van der Waals surface area contributed by atoms with Crippen LogP contribution in [-0.2, 0) is 25.6 Å². The van der Waals surface area contributed by atoms with E-state index in [1.807, 2.05) is 13.0 Å². The van der Waals surface area contributed by atoms with E-state index in [2.05, 4.69) is 12.1 Å². The molecule has 1 spiro atoms. The van der Waals surface area contributed by atoms with Gasteiger partial charge in [-0.2, -0.15) is 0 Å². The molecule has 6 nitrogen and oxygen atoms in total. The number of rotatable bonds is 7. The van der Waals surface area contributed by atoms with Crippen molar-refractivity contribution in [1.82, 2.24) is 5.16 Å². The van der Waals surface area contributed by atoms with Crippen LogP contribution in [0.2, 0.25) is 10.0 Å². The fourth-order valence-electron chi connectivity index (χ4n) is 4.60. The van der Waals surface area contributed by atoms with Gasteiger partial charge in [0, 0.05) is 29.4 Å². The number of aromatic nitrogens is 1. The molecule has 168 valence electrons. The van der Waals surface area contributed by atoms with Gasteiger partial charge in [-0.3, -0.25) is 0 Å². The number of halogens is 2. The number of hydrogen-bond acceptors (Lipinski definition) is 6. The Morgan fingerprint density at radius 2 is 1.90 bits per heavy atom. The molecule has 0 amide bonds. The van der Waals surface area contributed by atoms with Crippen LogP contribution >= 0.6 is 23.2 Å². The van der Waals surface area contributed by atoms with Crippen molar-refractivity contribution in [3.63, 3.8) is 0 Å². The minimum atomic E-state index is -0.649. The van der Waals surface area contributed by atoms with Crippen molar-refractivity contribution in [2.75, 3.05) is 19.8 Å². The van der Waals surface area contributed by atoms with Crippen LogP contribution < -0.4 is 0 Å². The van der Waals surface area contributed by atoms with Gasteiger partial charge in [0.05, 0.1) is 42.6 Å². The lowest BCUT2D eigenvalue weighted by molar-refractivity contribution is -0.213. The molecule has 1 aliphatic carbocycles. The molecule has 3 aliphatic rings. The topological polar surface area (TPSA) is 63.0 Å². The van der Waals surface area contributed by atoms with Crippen molar-refractivity contribution in [1.29, 1.82) is 0 Å². The zero-order valence-corrected chi connectivity index (χ0v) is 19.2. The summed E-state index contributed by atoms with van der Waals surface area (Å²) in [4.78, 5) is 0. The predicted molar refractivity (Wildman–Crippen MR) is 116 cm³/mol. The maximum atomic E-state index is 6.45. The Labute approximate surface area is 192 Å². The van der Waals surface area contributed by atoms with E-state index in [1.54, 1.807) is 12.1 Å². The Balaban J connectivity index is 1.33.